The number of rotatable bonds is 3. The monoisotopic (exact) mass is 312 g/mol. The summed E-state index contributed by atoms with van der Waals surface area (Å²) in [4.78, 5) is 30.0. The second-order valence-corrected chi connectivity index (χ2v) is 6.42. The van der Waals surface area contributed by atoms with Crippen LogP contribution in [0, 0.1) is 5.92 Å². The van der Waals surface area contributed by atoms with Crippen molar-refractivity contribution in [3.05, 3.63) is 36.0 Å². The molecular weight excluding hydrogens is 292 g/mol. The van der Waals surface area contributed by atoms with Crippen LogP contribution in [-0.2, 0) is 9.53 Å². The third-order valence-electron chi connectivity index (χ3n) is 5.00. The molecule has 23 heavy (non-hydrogen) atoms. The number of benzene rings is 1. The van der Waals surface area contributed by atoms with E-state index in [1.165, 1.54) is 0 Å². The molecule has 0 spiro atoms. The van der Waals surface area contributed by atoms with E-state index in [4.69, 9.17) is 4.74 Å². The van der Waals surface area contributed by atoms with Crippen molar-refractivity contribution in [2.75, 3.05) is 6.54 Å². The Balaban J connectivity index is 1.64. The largest absolute Gasteiger partial charge is 0.460 e. The molecule has 120 valence electrons. The normalized spacial score (nSPS) is 26.6. The van der Waals surface area contributed by atoms with Crippen molar-refractivity contribution in [3.63, 3.8) is 0 Å². The molecular formula is C18H20N2O3. The molecule has 3 atom stereocenters. The fourth-order valence-electron chi connectivity index (χ4n) is 3.95. The first-order chi connectivity index (χ1) is 11.2. The highest BCUT2D eigenvalue weighted by molar-refractivity contribution is 5.98. The van der Waals surface area contributed by atoms with Crippen LogP contribution >= 0.6 is 0 Å². The van der Waals surface area contributed by atoms with E-state index in [0.29, 0.717) is 12.2 Å². The minimum Gasteiger partial charge on any atom is -0.460 e. The van der Waals surface area contributed by atoms with Gasteiger partial charge in [0.2, 0.25) is 0 Å². The lowest BCUT2D eigenvalue weighted by molar-refractivity contribution is -0.144. The summed E-state index contributed by atoms with van der Waals surface area (Å²) in [5, 5.41) is 1.02. The first kappa shape index (κ1) is 14.3. The van der Waals surface area contributed by atoms with Crippen molar-refractivity contribution >= 4 is 22.8 Å². The van der Waals surface area contributed by atoms with Crippen molar-refractivity contribution in [2.45, 2.75) is 38.3 Å². The third kappa shape index (κ3) is 2.22. The zero-order valence-electron chi connectivity index (χ0n) is 13.1. The number of hydrogen-bond acceptors (Lipinski definition) is 3. The van der Waals surface area contributed by atoms with E-state index in [2.05, 4.69) is 11.9 Å². The fourth-order valence-corrected chi connectivity index (χ4v) is 3.95. The number of aromatic nitrogens is 1. The number of carbonyl (C=O) groups excluding carboxylic acids is 2. The highest BCUT2D eigenvalue weighted by atomic mass is 16.6. The van der Waals surface area contributed by atoms with Crippen molar-refractivity contribution in [2.24, 2.45) is 5.92 Å². The van der Waals surface area contributed by atoms with Crippen LogP contribution in [0.5, 0.6) is 0 Å². The van der Waals surface area contributed by atoms with E-state index in [0.717, 1.165) is 30.2 Å². The Hall–Kier alpha value is -2.30. The van der Waals surface area contributed by atoms with E-state index in [9.17, 15) is 9.59 Å². The second kappa shape index (κ2) is 5.41. The molecule has 5 heteroatoms. The number of aromatic amines is 1. The van der Waals surface area contributed by atoms with Crippen LogP contribution in [0.25, 0.3) is 10.9 Å². The average molecular weight is 312 g/mol. The molecule has 0 aliphatic carbocycles. The minimum atomic E-state index is -0.180. The topological polar surface area (TPSA) is 62.4 Å². The molecule has 1 aromatic heterocycles. The highest BCUT2D eigenvalue weighted by Crippen LogP contribution is 2.37. The zero-order valence-corrected chi connectivity index (χ0v) is 13.1. The summed E-state index contributed by atoms with van der Waals surface area (Å²) in [6.07, 6.45) is 2.30. The van der Waals surface area contributed by atoms with Crippen LogP contribution in [0.3, 0.4) is 0 Å². The average Bonchev–Trinajstić information content (AvgIpc) is 3.22. The van der Waals surface area contributed by atoms with E-state index >= 15 is 0 Å². The number of carbonyl (C=O) groups is 2. The molecule has 0 saturated carbocycles. The minimum absolute atomic E-state index is 0.0342. The number of fused-ring (bicyclic) bond motifs is 2. The lowest BCUT2D eigenvalue weighted by Crippen LogP contribution is -2.42. The zero-order chi connectivity index (χ0) is 16.0. The maximum Gasteiger partial charge on any atom is 0.311 e. The maximum absolute atomic E-state index is 12.9. The molecule has 4 rings (SSSR count). The summed E-state index contributed by atoms with van der Waals surface area (Å²) in [5.74, 6) is -0.357. The lowest BCUT2D eigenvalue weighted by Gasteiger charge is -2.25. The second-order valence-electron chi connectivity index (χ2n) is 6.42. The van der Waals surface area contributed by atoms with E-state index in [1.54, 1.807) is 0 Å². The van der Waals surface area contributed by atoms with Crippen molar-refractivity contribution in [3.8, 4) is 0 Å². The van der Waals surface area contributed by atoms with Gasteiger partial charge in [0.05, 0.1) is 12.0 Å². The number of hydrogen-bond donors (Lipinski definition) is 1. The van der Waals surface area contributed by atoms with Crippen LogP contribution in [-0.4, -0.2) is 40.5 Å². The van der Waals surface area contributed by atoms with Gasteiger partial charge in [-0.25, -0.2) is 0 Å². The third-order valence-corrected chi connectivity index (χ3v) is 5.00. The smallest absolute Gasteiger partial charge is 0.311 e. The van der Waals surface area contributed by atoms with Crippen molar-refractivity contribution in [1.82, 2.24) is 9.88 Å². The van der Waals surface area contributed by atoms with Crippen LogP contribution in [0.2, 0.25) is 0 Å². The van der Waals surface area contributed by atoms with Gasteiger partial charge in [-0.2, -0.15) is 0 Å². The molecule has 2 aliphatic rings. The van der Waals surface area contributed by atoms with Crippen molar-refractivity contribution < 1.29 is 14.3 Å². The van der Waals surface area contributed by atoms with Gasteiger partial charge >= 0.3 is 5.97 Å². The first-order valence-corrected chi connectivity index (χ1v) is 8.28. The van der Waals surface area contributed by atoms with E-state index < -0.39 is 0 Å². The van der Waals surface area contributed by atoms with Gasteiger partial charge in [-0.3, -0.25) is 9.59 Å². The highest BCUT2D eigenvalue weighted by Gasteiger charge is 2.52. The Bertz CT molecular complexity index is 733. The van der Waals surface area contributed by atoms with Crippen molar-refractivity contribution in [1.29, 1.82) is 0 Å². The number of para-hydroxylation sites is 1. The summed E-state index contributed by atoms with van der Waals surface area (Å²) >= 11 is 0. The molecule has 3 heterocycles. The van der Waals surface area contributed by atoms with Crippen LogP contribution in [0.4, 0.5) is 0 Å². The summed E-state index contributed by atoms with van der Waals surface area (Å²) in [6, 6.07) is 9.62. The summed E-state index contributed by atoms with van der Waals surface area (Å²) in [7, 11) is 0. The molecule has 2 fully saturated rings. The first-order valence-electron chi connectivity index (χ1n) is 8.28. The van der Waals surface area contributed by atoms with Gasteiger partial charge in [0, 0.05) is 23.9 Å². The number of H-pyrrole nitrogens is 1. The van der Waals surface area contributed by atoms with Gasteiger partial charge in [-0.05, 0) is 18.6 Å². The Morgan fingerprint density at radius 2 is 2.22 bits per heavy atom. The van der Waals surface area contributed by atoms with Crippen LogP contribution in [0.1, 0.15) is 36.7 Å². The van der Waals surface area contributed by atoms with Gasteiger partial charge in [0.1, 0.15) is 11.8 Å². The fraction of sp³-hybridized carbons (Fsp3) is 0.444. The quantitative estimate of drug-likeness (QED) is 0.886. The Labute approximate surface area is 134 Å². The number of nitrogens with zero attached hydrogens (tertiary/aromatic N) is 1. The molecule has 0 radical (unpaired) electrons. The number of esters is 1. The SMILES string of the molecule is CCC[C@H]1C(=O)O[C@H]2CCN(C(=O)c3cc4ccccc4[nH]3)[C@@H]21. The summed E-state index contributed by atoms with van der Waals surface area (Å²) < 4.78 is 5.48. The van der Waals surface area contributed by atoms with Gasteiger partial charge < -0.3 is 14.6 Å². The number of ether oxygens (including phenoxy) is 1. The molecule has 1 aromatic carbocycles. The molecule has 5 nitrogen and oxygen atoms in total. The van der Waals surface area contributed by atoms with Crippen LogP contribution in [0.15, 0.2) is 30.3 Å². The number of likely N-dealkylation sites (tertiary alicyclic amines) is 1. The summed E-state index contributed by atoms with van der Waals surface area (Å²) in [5.41, 5.74) is 1.54. The lowest BCUT2D eigenvalue weighted by atomic mass is 9.94. The molecule has 2 aromatic rings. The molecule has 1 N–H and O–H groups in total. The van der Waals surface area contributed by atoms with Crippen LogP contribution < -0.4 is 0 Å². The molecule has 0 bridgehead atoms. The standard InChI is InChI=1S/C18H20N2O3/c1-2-5-12-16-15(23-18(12)22)8-9-20(16)17(21)14-10-11-6-3-4-7-13(11)19-14/h3-4,6-7,10,12,15-16,19H,2,5,8-9H2,1H3/t12-,15+,16-/m1/s1. The van der Waals surface area contributed by atoms with Gasteiger partial charge in [-0.1, -0.05) is 31.5 Å². The molecule has 1 amide bonds. The number of nitrogens with one attached hydrogen (secondary N) is 1. The van der Waals surface area contributed by atoms with E-state index in [-0.39, 0.29) is 29.9 Å². The molecule has 0 unspecified atom stereocenters. The maximum atomic E-state index is 12.9. The van der Waals surface area contributed by atoms with E-state index in [1.807, 2.05) is 35.2 Å². The molecule has 2 saturated heterocycles. The Morgan fingerprint density at radius 1 is 1.39 bits per heavy atom. The number of amides is 1. The predicted molar refractivity (Wildman–Crippen MR) is 86.0 cm³/mol. The Kier molecular flexibility index (Phi) is 3.36. The van der Waals surface area contributed by atoms with Gasteiger partial charge in [-0.15, -0.1) is 0 Å². The van der Waals surface area contributed by atoms with Gasteiger partial charge in [0.25, 0.3) is 5.91 Å². The Morgan fingerprint density at radius 3 is 3.00 bits per heavy atom. The van der Waals surface area contributed by atoms with Gasteiger partial charge in [0.15, 0.2) is 0 Å². The predicted octanol–water partition coefficient (Wildman–Crippen LogP) is 2.72. The molecule has 2 aliphatic heterocycles. The summed E-state index contributed by atoms with van der Waals surface area (Å²) in [6.45, 7) is 2.70.